The minimum atomic E-state index is 0.406. The number of aliphatic imine (C=N–C) groups is 1. The average molecular weight is 401 g/mol. The first-order valence-corrected chi connectivity index (χ1v) is 11.1. The Hall–Kier alpha value is -1.89. The maximum absolute atomic E-state index is 6.09. The van der Waals surface area contributed by atoms with Crippen molar-refractivity contribution in [3.63, 3.8) is 0 Å². The Kier molecular flexibility index (Phi) is 8.81. The number of thiophene rings is 1. The van der Waals surface area contributed by atoms with Crippen molar-refractivity contribution >= 4 is 17.3 Å². The summed E-state index contributed by atoms with van der Waals surface area (Å²) in [5.74, 6) is 0.850. The molecule has 2 aromatic rings. The minimum Gasteiger partial charge on any atom is -0.378 e. The maximum atomic E-state index is 6.09. The number of hydrogen-bond acceptors (Lipinski definition) is 4. The number of guanidine groups is 1. The first kappa shape index (κ1) is 20.8. The predicted octanol–water partition coefficient (Wildman–Crippen LogP) is 3.48. The summed E-state index contributed by atoms with van der Waals surface area (Å²) in [5, 5.41) is 8.79. The van der Waals surface area contributed by atoms with Crippen LogP contribution in [0.25, 0.3) is 0 Å². The Balaban J connectivity index is 1.23. The van der Waals surface area contributed by atoms with Gasteiger partial charge in [0.25, 0.3) is 0 Å². The summed E-state index contributed by atoms with van der Waals surface area (Å²) in [4.78, 5) is 8.11. The van der Waals surface area contributed by atoms with Crippen LogP contribution in [0.4, 0.5) is 0 Å². The van der Waals surface area contributed by atoms with E-state index in [4.69, 9.17) is 4.74 Å². The number of nitrogens with one attached hydrogen (secondary N) is 2. The quantitative estimate of drug-likeness (QED) is 0.384. The van der Waals surface area contributed by atoms with Crippen LogP contribution in [0.5, 0.6) is 0 Å². The van der Waals surface area contributed by atoms with Crippen molar-refractivity contribution in [2.24, 2.45) is 4.99 Å². The molecule has 152 valence electrons. The van der Waals surface area contributed by atoms with Gasteiger partial charge in [0.1, 0.15) is 0 Å². The lowest BCUT2D eigenvalue weighted by molar-refractivity contribution is 0.00534. The van der Waals surface area contributed by atoms with E-state index in [9.17, 15) is 0 Å². The molecule has 1 saturated heterocycles. The molecule has 0 aliphatic carbocycles. The third kappa shape index (κ3) is 7.26. The summed E-state index contributed by atoms with van der Waals surface area (Å²) in [6.45, 7) is 5.79. The number of hydrogen-bond donors (Lipinski definition) is 2. The van der Waals surface area contributed by atoms with Gasteiger partial charge in [-0.25, -0.2) is 0 Å². The van der Waals surface area contributed by atoms with Gasteiger partial charge in [-0.05, 0) is 36.3 Å². The largest absolute Gasteiger partial charge is 0.378 e. The first-order chi connectivity index (χ1) is 13.8. The Morgan fingerprint density at radius 3 is 2.68 bits per heavy atom. The van der Waals surface area contributed by atoms with Gasteiger partial charge < -0.3 is 15.4 Å². The fraction of sp³-hybridized carbons (Fsp3) is 0.500. The third-order valence-corrected chi connectivity index (χ3v) is 5.86. The monoisotopic (exact) mass is 400 g/mol. The van der Waals surface area contributed by atoms with Crippen LogP contribution in [0, 0.1) is 0 Å². The molecule has 28 heavy (non-hydrogen) atoms. The molecule has 1 aromatic heterocycles. The van der Waals surface area contributed by atoms with Crippen LogP contribution in [0.2, 0.25) is 0 Å². The average Bonchev–Trinajstić information content (AvgIpc) is 3.26. The van der Waals surface area contributed by atoms with Crippen LogP contribution in [0.15, 0.2) is 52.8 Å². The van der Waals surface area contributed by atoms with Crippen LogP contribution in [0.1, 0.15) is 29.7 Å². The second-order valence-electron chi connectivity index (χ2n) is 7.12. The normalized spacial score (nSPS) is 16.2. The van der Waals surface area contributed by atoms with Crippen LogP contribution in [-0.4, -0.2) is 50.3 Å². The lowest BCUT2D eigenvalue weighted by Gasteiger charge is -2.32. The van der Waals surface area contributed by atoms with E-state index in [1.54, 1.807) is 11.3 Å². The predicted molar refractivity (Wildman–Crippen MR) is 118 cm³/mol. The summed E-state index contributed by atoms with van der Waals surface area (Å²) in [5.41, 5.74) is 1.40. The molecule has 3 rings (SSSR count). The van der Waals surface area contributed by atoms with Crippen LogP contribution < -0.4 is 10.6 Å². The molecule has 2 N–H and O–H groups in total. The molecule has 1 aliphatic heterocycles. The van der Waals surface area contributed by atoms with Gasteiger partial charge in [-0.2, -0.15) is 0 Å². The van der Waals surface area contributed by atoms with E-state index >= 15 is 0 Å². The van der Waals surface area contributed by atoms with Crippen LogP contribution in [-0.2, 0) is 17.8 Å². The Morgan fingerprint density at radius 2 is 1.96 bits per heavy atom. The van der Waals surface area contributed by atoms with Gasteiger partial charge in [-0.3, -0.25) is 9.89 Å². The highest BCUT2D eigenvalue weighted by Gasteiger charge is 2.19. The lowest BCUT2D eigenvalue weighted by Crippen LogP contribution is -2.38. The van der Waals surface area contributed by atoms with Crippen molar-refractivity contribution < 1.29 is 4.74 Å². The zero-order chi connectivity index (χ0) is 19.4. The molecule has 2 heterocycles. The fourth-order valence-electron chi connectivity index (χ4n) is 3.41. The molecule has 0 atom stereocenters. The number of ether oxygens (including phenoxy) is 1. The maximum Gasteiger partial charge on any atom is 0.191 e. The summed E-state index contributed by atoms with van der Waals surface area (Å²) in [7, 11) is 1.81. The molecule has 1 aliphatic rings. The van der Waals surface area contributed by atoms with E-state index in [1.165, 1.54) is 10.4 Å². The fourth-order valence-corrected chi connectivity index (χ4v) is 4.05. The summed E-state index contributed by atoms with van der Waals surface area (Å²) >= 11 is 1.75. The molecule has 0 unspecified atom stereocenters. The summed E-state index contributed by atoms with van der Waals surface area (Å²) in [6.07, 6.45) is 3.65. The molecule has 6 heteroatoms. The molecule has 1 fully saturated rings. The SMILES string of the molecule is CN=C(NCCCOC1CCN(Cc2ccccc2)CC1)NCc1cccs1. The van der Waals surface area contributed by atoms with Gasteiger partial charge >= 0.3 is 0 Å². The van der Waals surface area contributed by atoms with E-state index in [2.05, 4.69) is 68.4 Å². The van der Waals surface area contributed by atoms with E-state index in [0.717, 1.165) is 64.6 Å². The summed E-state index contributed by atoms with van der Waals surface area (Å²) < 4.78 is 6.09. The van der Waals surface area contributed by atoms with Gasteiger partial charge in [-0.1, -0.05) is 36.4 Å². The van der Waals surface area contributed by atoms with Gasteiger partial charge in [0, 0.05) is 44.7 Å². The van der Waals surface area contributed by atoms with E-state index in [0.29, 0.717) is 6.10 Å². The molecule has 0 radical (unpaired) electrons. The van der Waals surface area contributed by atoms with Gasteiger partial charge in [0.05, 0.1) is 12.6 Å². The smallest absolute Gasteiger partial charge is 0.191 e. The number of nitrogens with zero attached hydrogens (tertiary/aromatic N) is 2. The molecule has 5 nitrogen and oxygen atoms in total. The van der Waals surface area contributed by atoms with E-state index in [-0.39, 0.29) is 0 Å². The molecular formula is C22H32N4OS. The van der Waals surface area contributed by atoms with Gasteiger partial charge in [-0.15, -0.1) is 11.3 Å². The Labute approximate surface area is 172 Å². The highest BCUT2D eigenvalue weighted by molar-refractivity contribution is 7.09. The second-order valence-corrected chi connectivity index (χ2v) is 8.15. The minimum absolute atomic E-state index is 0.406. The second kappa shape index (κ2) is 11.8. The zero-order valence-electron chi connectivity index (χ0n) is 16.8. The topological polar surface area (TPSA) is 48.9 Å². The van der Waals surface area contributed by atoms with E-state index < -0.39 is 0 Å². The first-order valence-electron chi connectivity index (χ1n) is 10.2. The van der Waals surface area contributed by atoms with Crippen molar-refractivity contribution in [2.75, 3.05) is 33.3 Å². The molecule has 0 amide bonds. The zero-order valence-corrected chi connectivity index (χ0v) is 17.6. The number of likely N-dealkylation sites (tertiary alicyclic amines) is 1. The molecular weight excluding hydrogens is 368 g/mol. The lowest BCUT2D eigenvalue weighted by atomic mass is 10.1. The van der Waals surface area contributed by atoms with Crippen molar-refractivity contribution in [3.05, 3.63) is 58.3 Å². The Morgan fingerprint density at radius 1 is 1.14 bits per heavy atom. The third-order valence-electron chi connectivity index (χ3n) is 4.98. The Bertz CT molecular complexity index is 682. The number of rotatable bonds is 9. The van der Waals surface area contributed by atoms with Crippen LogP contribution >= 0.6 is 11.3 Å². The van der Waals surface area contributed by atoms with Gasteiger partial charge in [0.2, 0.25) is 0 Å². The van der Waals surface area contributed by atoms with E-state index in [1.807, 2.05) is 7.05 Å². The van der Waals surface area contributed by atoms with Crippen molar-refractivity contribution in [2.45, 2.75) is 38.5 Å². The summed E-state index contributed by atoms with van der Waals surface area (Å²) in [6, 6.07) is 14.9. The number of piperidine rings is 1. The molecule has 0 bridgehead atoms. The highest BCUT2D eigenvalue weighted by atomic mass is 32.1. The number of benzene rings is 1. The van der Waals surface area contributed by atoms with Crippen LogP contribution in [0.3, 0.4) is 0 Å². The van der Waals surface area contributed by atoms with Crippen molar-refractivity contribution in [1.29, 1.82) is 0 Å². The van der Waals surface area contributed by atoms with Gasteiger partial charge in [0.15, 0.2) is 5.96 Å². The highest BCUT2D eigenvalue weighted by Crippen LogP contribution is 2.16. The molecule has 1 aromatic carbocycles. The van der Waals surface area contributed by atoms with Crippen molar-refractivity contribution in [3.8, 4) is 0 Å². The molecule has 0 spiro atoms. The van der Waals surface area contributed by atoms with Crippen molar-refractivity contribution in [1.82, 2.24) is 15.5 Å². The standard InChI is InChI=1S/C22H32N4OS/c1-23-22(25-17-21-9-5-16-28-21)24-12-6-15-27-20-10-13-26(14-11-20)18-19-7-3-2-4-8-19/h2-5,7-9,16,20H,6,10-15,17-18H2,1H3,(H2,23,24,25). The molecule has 0 saturated carbocycles.